The highest BCUT2D eigenvalue weighted by atomic mass is 32.2. The number of rotatable bonds is 5. The van der Waals surface area contributed by atoms with Crippen LogP contribution < -0.4 is 5.32 Å². The van der Waals surface area contributed by atoms with E-state index in [0.717, 1.165) is 19.4 Å². The van der Waals surface area contributed by atoms with Gasteiger partial charge in [-0.1, -0.05) is 5.16 Å². The number of hydrogen-bond acceptors (Lipinski definition) is 6. The molecule has 0 bridgehead atoms. The summed E-state index contributed by atoms with van der Waals surface area (Å²) < 4.78 is 37.4. The van der Waals surface area contributed by atoms with Crippen LogP contribution in [0.25, 0.3) is 0 Å². The summed E-state index contributed by atoms with van der Waals surface area (Å²) in [5, 5.41) is 6.66. The molecule has 1 unspecified atom stereocenters. The molecule has 8 nitrogen and oxygen atoms in total. The topological polar surface area (TPSA) is 102 Å². The van der Waals surface area contributed by atoms with Crippen LogP contribution in [0, 0.1) is 19.8 Å². The summed E-state index contributed by atoms with van der Waals surface area (Å²) in [7, 11) is -3.63. The smallest absolute Gasteiger partial charge is 0.248 e. The lowest BCUT2D eigenvalue weighted by atomic mass is 9.97. The van der Waals surface area contributed by atoms with Crippen LogP contribution in [0.15, 0.2) is 9.42 Å². The second-order valence-corrected chi connectivity index (χ2v) is 8.59. The molecule has 0 spiro atoms. The van der Waals surface area contributed by atoms with E-state index in [1.165, 1.54) is 4.31 Å². The number of ether oxygens (including phenoxy) is 1. The number of amides is 1. The maximum absolute atomic E-state index is 12.8. The molecule has 3 heterocycles. The number of piperidine rings is 1. The van der Waals surface area contributed by atoms with Crippen molar-refractivity contribution in [3.8, 4) is 0 Å². The molecule has 140 valence electrons. The minimum atomic E-state index is -3.63. The minimum absolute atomic E-state index is 0.00936. The second-order valence-electron chi connectivity index (χ2n) is 6.71. The number of carbonyl (C=O) groups is 1. The predicted octanol–water partition coefficient (Wildman–Crippen LogP) is 0.987. The number of nitrogens with one attached hydrogen (secondary N) is 1. The number of carbonyl (C=O) groups excluding carboxylic acids is 1. The van der Waals surface area contributed by atoms with Gasteiger partial charge in [0, 0.05) is 32.2 Å². The van der Waals surface area contributed by atoms with Crippen molar-refractivity contribution in [1.82, 2.24) is 14.8 Å². The van der Waals surface area contributed by atoms with Crippen LogP contribution in [-0.4, -0.2) is 56.1 Å². The molecule has 1 atom stereocenters. The van der Waals surface area contributed by atoms with Gasteiger partial charge in [-0.05, 0) is 39.5 Å². The molecule has 0 saturated carbocycles. The molecule has 2 aliphatic rings. The van der Waals surface area contributed by atoms with Crippen molar-refractivity contribution >= 4 is 15.9 Å². The maximum Gasteiger partial charge on any atom is 0.248 e. The molecule has 0 aromatic carbocycles. The van der Waals surface area contributed by atoms with Crippen LogP contribution in [-0.2, 0) is 19.6 Å². The first-order chi connectivity index (χ1) is 11.9. The van der Waals surface area contributed by atoms with Crippen LogP contribution in [0.3, 0.4) is 0 Å². The number of aromatic nitrogens is 1. The van der Waals surface area contributed by atoms with Crippen LogP contribution in [0.1, 0.15) is 37.1 Å². The molecule has 0 radical (unpaired) electrons. The van der Waals surface area contributed by atoms with E-state index in [1.54, 1.807) is 13.8 Å². The van der Waals surface area contributed by atoms with E-state index < -0.39 is 10.0 Å². The highest BCUT2D eigenvalue weighted by Crippen LogP contribution is 2.27. The van der Waals surface area contributed by atoms with Crippen LogP contribution >= 0.6 is 0 Å². The summed E-state index contributed by atoms with van der Waals surface area (Å²) in [6.45, 7) is 5.16. The zero-order valence-electron chi connectivity index (χ0n) is 14.7. The average molecular weight is 371 g/mol. The van der Waals surface area contributed by atoms with Gasteiger partial charge in [0.15, 0.2) is 5.76 Å². The fourth-order valence-electron chi connectivity index (χ4n) is 3.49. The fourth-order valence-corrected chi connectivity index (χ4v) is 5.26. The predicted molar refractivity (Wildman–Crippen MR) is 89.4 cm³/mol. The van der Waals surface area contributed by atoms with E-state index in [2.05, 4.69) is 10.5 Å². The summed E-state index contributed by atoms with van der Waals surface area (Å²) in [4.78, 5) is 12.4. The van der Waals surface area contributed by atoms with Gasteiger partial charge in [0.2, 0.25) is 15.9 Å². The number of aryl methyl sites for hydroxylation is 2. The Labute approximate surface area is 147 Å². The van der Waals surface area contributed by atoms with E-state index >= 15 is 0 Å². The van der Waals surface area contributed by atoms with Crippen molar-refractivity contribution < 1.29 is 22.5 Å². The molecular weight excluding hydrogens is 346 g/mol. The summed E-state index contributed by atoms with van der Waals surface area (Å²) >= 11 is 0. The molecule has 0 aliphatic carbocycles. The molecule has 9 heteroatoms. The Hall–Kier alpha value is -1.45. The van der Waals surface area contributed by atoms with Gasteiger partial charge in [0.1, 0.15) is 10.6 Å². The second kappa shape index (κ2) is 7.43. The van der Waals surface area contributed by atoms with Crippen molar-refractivity contribution in [2.75, 3.05) is 26.2 Å². The minimum Gasteiger partial charge on any atom is -0.376 e. The third-order valence-corrected chi connectivity index (χ3v) is 7.06. The third kappa shape index (κ3) is 3.88. The lowest BCUT2D eigenvalue weighted by Gasteiger charge is -2.30. The number of nitrogens with zero attached hydrogens (tertiary/aromatic N) is 2. The van der Waals surface area contributed by atoms with Crippen LogP contribution in [0.2, 0.25) is 0 Å². The molecule has 3 rings (SSSR count). The standard InChI is InChI=1S/C16H25N3O5S/c1-11-15(12(2)24-18-11)25(21,22)19-7-5-13(6-8-19)16(20)17-10-14-4-3-9-23-14/h13-14H,3-10H2,1-2H3,(H,17,20). The number of hydrogen-bond donors (Lipinski definition) is 1. The Bertz CT molecular complexity index is 697. The Morgan fingerprint density at radius 1 is 1.28 bits per heavy atom. The molecule has 2 aliphatic heterocycles. The molecule has 25 heavy (non-hydrogen) atoms. The Kier molecular flexibility index (Phi) is 5.45. The fraction of sp³-hybridized carbons (Fsp3) is 0.750. The zero-order valence-corrected chi connectivity index (χ0v) is 15.5. The first-order valence-electron chi connectivity index (χ1n) is 8.72. The summed E-state index contributed by atoms with van der Waals surface area (Å²) in [6.07, 6.45) is 3.16. The average Bonchev–Trinajstić information content (AvgIpc) is 3.22. The van der Waals surface area contributed by atoms with Gasteiger partial charge < -0.3 is 14.6 Å². The van der Waals surface area contributed by atoms with Gasteiger partial charge in [0.25, 0.3) is 0 Å². The highest BCUT2D eigenvalue weighted by Gasteiger charge is 2.35. The van der Waals surface area contributed by atoms with Gasteiger partial charge in [0.05, 0.1) is 6.10 Å². The molecule has 1 amide bonds. The van der Waals surface area contributed by atoms with Crippen molar-refractivity contribution in [1.29, 1.82) is 0 Å². The van der Waals surface area contributed by atoms with Crippen LogP contribution in [0.4, 0.5) is 0 Å². The molecule has 1 N–H and O–H groups in total. The molecule has 1 aromatic heterocycles. The lowest BCUT2D eigenvalue weighted by molar-refractivity contribution is -0.126. The Morgan fingerprint density at radius 2 is 2.00 bits per heavy atom. The van der Waals surface area contributed by atoms with Gasteiger partial charge in [-0.25, -0.2) is 8.42 Å². The van der Waals surface area contributed by atoms with Gasteiger partial charge >= 0.3 is 0 Å². The summed E-state index contributed by atoms with van der Waals surface area (Å²) in [5.41, 5.74) is 0.369. The first kappa shape index (κ1) is 18.3. The Balaban J connectivity index is 1.55. The van der Waals surface area contributed by atoms with Crippen molar-refractivity contribution in [2.24, 2.45) is 5.92 Å². The number of sulfonamides is 1. The third-order valence-electron chi connectivity index (χ3n) is 4.92. The normalized spacial score (nSPS) is 23.0. The maximum atomic E-state index is 12.8. The monoisotopic (exact) mass is 371 g/mol. The van der Waals surface area contributed by atoms with Crippen molar-refractivity contribution in [2.45, 2.75) is 50.5 Å². The first-order valence-corrected chi connectivity index (χ1v) is 10.2. The summed E-state index contributed by atoms with van der Waals surface area (Å²) in [5.74, 6) is 0.135. The van der Waals surface area contributed by atoms with E-state index in [-0.39, 0.29) is 22.8 Å². The van der Waals surface area contributed by atoms with Crippen molar-refractivity contribution in [3.63, 3.8) is 0 Å². The SMILES string of the molecule is Cc1noc(C)c1S(=O)(=O)N1CCC(C(=O)NCC2CCCO2)CC1. The van der Waals surface area contributed by atoms with Crippen molar-refractivity contribution in [3.05, 3.63) is 11.5 Å². The van der Waals surface area contributed by atoms with E-state index in [9.17, 15) is 13.2 Å². The lowest BCUT2D eigenvalue weighted by Crippen LogP contribution is -2.44. The molecule has 1 aromatic rings. The van der Waals surface area contributed by atoms with E-state index in [4.69, 9.17) is 9.26 Å². The Morgan fingerprint density at radius 3 is 2.56 bits per heavy atom. The molecule has 2 saturated heterocycles. The molecular formula is C16H25N3O5S. The molecule has 2 fully saturated rings. The van der Waals surface area contributed by atoms with Crippen LogP contribution in [0.5, 0.6) is 0 Å². The quantitative estimate of drug-likeness (QED) is 0.828. The van der Waals surface area contributed by atoms with Gasteiger partial charge in [-0.2, -0.15) is 4.31 Å². The summed E-state index contributed by atoms with van der Waals surface area (Å²) in [6, 6.07) is 0. The van der Waals surface area contributed by atoms with E-state index in [0.29, 0.717) is 43.9 Å². The largest absolute Gasteiger partial charge is 0.376 e. The highest BCUT2D eigenvalue weighted by molar-refractivity contribution is 7.89. The zero-order chi connectivity index (χ0) is 18.0. The van der Waals surface area contributed by atoms with E-state index in [1.807, 2.05) is 0 Å². The van der Waals surface area contributed by atoms with Gasteiger partial charge in [-0.15, -0.1) is 0 Å². The van der Waals surface area contributed by atoms with Gasteiger partial charge in [-0.3, -0.25) is 4.79 Å².